The summed E-state index contributed by atoms with van der Waals surface area (Å²) in [6.45, 7) is 7.45. The van der Waals surface area contributed by atoms with Gasteiger partial charge in [-0.05, 0) is 37.1 Å². The van der Waals surface area contributed by atoms with Crippen LogP contribution < -0.4 is 10.1 Å². The number of aryl methyl sites for hydroxylation is 1. The van der Waals surface area contributed by atoms with Crippen LogP contribution in [0.4, 0.5) is 0 Å². The largest absolute Gasteiger partial charge is 0.491 e. The molecule has 0 heterocycles. The molecular weight excluding hydrogens is 226 g/mol. The van der Waals surface area contributed by atoms with E-state index in [4.69, 9.17) is 4.74 Å². The Balaban J connectivity index is 2.24. The van der Waals surface area contributed by atoms with Gasteiger partial charge in [-0.2, -0.15) is 0 Å². The van der Waals surface area contributed by atoms with Gasteiger partial charge < -0.3 is 15.2 Å². The molecule has 1 aromatic rings. The summed E-state index contributed by atoms with van der Waals surface area (Å²) in [7, 11) is 0. The van der Waals surface area contributed by atoms with Crippen LogP contribution >= 0.6 is 0 Å². The fourth-order valence-corrected chi connectivity index (χ4v) is 1.58. The van der Waals surface area contributed by atoms with Gasteiger partial charge in [-0.15, -0.1) is 6.58 Å². The average molecular weight is 249 g/mol. The molecule has 0 saturated carbocycles. The maximum Gasteiger partial charge on any atom is 0.119 e. The zero-order chi connectivity index (χ0) is 13.2. The average Bonchev–Trinajstić information content (AvgIpc) is 2.41. The Labute approximate surface area is 109 Å². The van der Waals surface area contributed by atoms with E-state index in [2.05, 4.69) is 24.9 Å². The second-order valence-electron chi connectivity index (χ2n) is 4.25. The highest BCUT2D eigenvalue weighted by Gasteiger charge is 2.04. The lowest BCUT2D eigenvalue weighted by Crippen LogP contribution is -2.31. The van der Waals surface area contributed by atoms with E-state index in [0.29, 0.717) is 13.2 Å². The standard InChI is InChI=1S/C15H23NO2/c1-3-5-9-16-11-14(17)12-18-15-8-6-7-13(4-2)10-15/h3,6-8,10,14,16-17H,1,4-5,9,11-12H2,2H3. The fraction of sp³-hybridized carbons (Fsp3) is 0.467. The number of aliphatic hydroxyl groups excluding tert-OH is 1. The molecule has 18 heavy (non-hydrogen) atoms. The molecule has 1 atom stereocenters. The quantitative estimate of drug-likeness (QED) is 0.520. The maximum atomic E-state index is 9.72. The zero-order valence-electron chi connectivity index (χ0n) is 11.1. The van der Waals surface area contributed by atoms with Crippen LogP contribution in [0.15, 0.2) is 36.9 Å². The molecule has 0 aliphatic rings. The molecule has 0 spiro atoms. The fourth-order valence-electron chi connectivity index (χ4n) is 1.58. The molecule has 0 amide bonds. The lowest BCUT2D eigenvalue weighted by molar-refractivity contribution is 0.106. The number of ether oxygens (including phenoxy) is 1. The molecule has 0 bridgehead atoms. The van der Waals surface area contributed by atoms with Crippen molar-refractivity contribution in [3.63, 3.8) is 0 Å². The van der Waals surface area contributed by atoms with Crippen molar-refractivity contribution in [3.05, 3.63) is 42.5 Å². The third-order valence-corrected chi connectivity index (χ3v) is 2.65. The van der Waals surface area contributed by atoms with Gasteiger partial charge in [0.05, 0.1) is 0 Å². The Morgan fingerprint density at radius 2 is 2.33 bits per heavy atom. The van der Waals surface area contributed by atoms with Crippen LogP contribution in [-0.2, 0) is 6.42 Å². The van der Waals surface area contributed by atoms with Crippen molar-refractivity contribution in [1.82, 2.24) is 5.32 Å². The minimum atomic E-state index is -0.486. The molecule has 1 aromatic carbocycles. The summed E-state index contributed by atoms with van der Waals surface area (Å²) in [6, 6.07) is 7.97. The first-order valence-electron chi connectivity index (χ1n) is 6.47. The van der Waals surface area contributed by atoms with E-state index in [0.717, 1.165) is 25.1 Å². The highest BCUT2D eigenvalue weighted by atomic mass is 16.5. The second-order valence-corrected chi connectivity index (χ2v) is 4.25. The van der Waals surface area contributed by atoms with Crippen molar-refractivity contribution < 1.29 is 9.84 Å². The van der Waals surface area contributed by atoms with Crippen molar-refractivity contribution in [3.8, 4) is 5.75 Å². The first-order chi connectivity index (χ1) is 8.76. The van der Waals surface area contributed by atoms with E-state index < -0.39 is 6.10 Å². The van der Waals surface area contributed by atoms with Gasteiger partial charge >= 0.3 is 0 Å². The predicted octanol–water partition coefficient (Wildman–Crippen LogP) is 2.15. The SMILES string of the molecule is C=CCCNCC(O)COc1cccc(CC)c1. The Bertz CT molecular complexity index is 352. The first kappa shape index (κ1) is 14.7. The molecule has 1 unspecified atom stereocenters. The third kappa shape index (κ3) is 5.84. The van der Waals surface area contributed by atoms with E-state index in [1.54, 1.807) is 0 Å². The lowest BCUT2D eigenvalue weighted by atomic mass is 10.2. The summed E-state index contributed by atoms with van der Waals surface area (Å²) in [4.78, 5) is 0. The van der Waals surface area contributed by atoms with E-state index >= 15 is 0 Å². The minimum Gasteiger partial charge on any atom is -0.491 e. The van der Waals surface area contributed by atoms with Crippen LogP contribution in [0.1, 0.15) is 18.9 Å². The minimum absolute atomic E-state index is 0.314. The van der Waals surface area contributed by atoms with Gasteiger partial charge in [0.1, 0.15) is 18.5 Å². The van der Waals surface area contributed by atoms with Crippen molar-refractivity contribution in [2.24, 2.45) is 0 Å². The Morgan fingerprint density at radius 3 is 3.06 bits per heavy atom. The third-order valence-electron chi connectivity index (χ3n) is 2.65. The maximum absolute atomic E-state index is 9.72. The number of aliphatic hydroxyl groups is 1. The highest BCUT2D eigenvalue weighted by Crippen LogP contribution is 2.13. The van der Waals surface area contributed by atoms with E-state index in [1.807, 2.05) is 24.3 Å². The van der Waals surface area contributed by atoms with Crippen LogP contribution in [0.2, 0.25) is 0 Å². The Hall–Kier alpha value is -1.32. The monoisotopic (exact) mass is 249 g/mol. The van der Waals surface area contributed by atoms with Gasteiger partial charge in [-0.1, -0.05) is 25.1 Å². The molecule has 1 rings (SSSR count). The smallest absolute Gasteiger partial charge is 0.119 e. The molecule has 100 valence electrons. The van der Waals surface area contributed by atoms with Crippen LogP contribution in [0.5, 0.6) is 5.75 Å². The van der Waals surface area contributed by atoms with Crippen LogP contribution in [-0.4, -0.2) is 30.9 Å². The summed E-state index contributed by atoms with van der Waals surface area (Å²) in [5, 5.41) is 12.9. The van der Waals surface area contributed by atoms with Crippen LogP contribution in [0, 0.1) is 0 Å². The Kier molecular flexibility index (Phi) is 7.14. The summed E-state index contributed by atoms with van der Waals surface area (Å²) in [5.74, 6) is 0.819. The molecule has 3 heteroatoms. The molecule has 0 aliphatic heterocycles. The van der Waals surface area contributed by atoms with Gasteiger partial charge in [-0.3, -0.25) is 0 Å². The lowest BCUT2D eigenvalue weighted by Gasteiger charge is -2.13. The Morgan fingerprint density at radius 1 is 1.50 bits per heavy atom. The van der Waals surface area contributed by atoms with Gasteiger partial charge in [0, 0.05) is 6.54 Å². The van der Waals surface area contributed by atoms with E-state index in [-0.39, 0.29) is 0 Å². The van der Waals surface area contributed by atoms with E-state index in [1.165, 1.54) is 5.56 Å². The van der Waals surface area contributed by atoms with Gasteiger partial charge in [0.2, 0.25) is 0 Å². The number of benzene rings is 1. The first-order valence-corrected chi connectivity index (χ1v) is 6.47. The van der Waals surface area contributed by atoms with Crippen molar-refractivity contribution in [1.29, 1.82) is 0 Å². The van der Waals surface area contributed by atoms with Crippen molar-refractivity contribution >= 4 is 0 Å². The molecule has 0 aliphatic carbocycles. The normalized spacial score (nSPS) is 12.1. The van der Waals surface area contributed by atoms with Gasteiger partial charge in [0.15, 0.2) is 0 Å². The highest BCUT2D eigenvalue weighted by molar-refractivity contribution is 5.28. The number of rotatable bonds is 9. The molecule has 0 saturated heterocycles. The summed E-state index contributed by atoms with van der Waals surface area (Å²) in [6.07, 6.45) is 3.27. The summed E-state index contributed by atoms with van der Waals surface area (Å²) < 4.78 is 5.56. The predicted molar refractivity (Wildman–Crippen MR) is 75.0 cm³/mol. The van der Waals surface area contributed by atoms with Crippen molar-refractivity contribution in [2.75, 3.05) is 19.7 Å². The molecule has 2 N–H and O–H groups in total. The number of hydrogen-bond donors (Lipinski definition) is 2. The molecular formula is C15H23NO2. The molecule has 0 fully saturated rings. The van der Waals surface area contributed by atoms with E-state index in [9.17, 15) is 5.11 Å². The van der Waals surface area contributed by atoms with Gasteiger partial charge in [-0.25, -0.2) is 0 Å². The number of nitrogens with one attached hydrogen (secondary N) is 1. The zero-order valence-corrected chi connectivity index (χ0v) is 11.1. The van der Waals surface area contributed by atoms with Crippen LogP contribution in [0.25, 0.3) is 0 Å². The molecule has 0 radical (unpaired) electrons. The summed E-state index contributed by atoms with van der Waals surface area (Å²) >= 11 is 0. The summed E-state index contributed by atoms with van der Waals surface area (Å²) in [5.41, 5.74) is 1.24. The van der Waals surface area contributed by atoms with Crippen LogP contribution in [0.3, 0.4) is 0 Å². The number of hydrogen-bond acceptors (Lipinski definition) is 3. The van der Waals surface area contributed by atoms with Crippen molar-refractivity contribution in [2.45, 2.75) is 25.9 Å². The molecule has 0 aromatic heterocycles. The molecule has 3 nitrogen and oxygen atoms in total. The van der Waals surface area contributed by atoms with Gasteiger partial charge in [0.25, 0.3) is 0 Å². The topological polar surface area (TPSA) is 41.5 Å². The second kappa shape index (κ2) is 8.72.